The van der Waals surface area contributed by atoms with Gasteiger partial charge < -0.3 is 0 Å². The molecule has 1 aliphatic carbocycles. The second-order valence-corrected chi connectivity index (χ2v) is 5.88. The lowest BCUT2D eigenvalue weighted by Gasteiger charge is -2.30. The molecule has 0 atom stereocenters. The van der Waals surface area contributed by atoms with Gasteiger partial charge in [-0.3, -0.25) is 4.79 Å². The minimum Gasteiger partial charge on any atom is -0.294 e. The fraction of sp³-hybridized carbons (Fsp3) is 0.562. The summed E-state index contributed by atoms with van der Waals surface area (Å²) in [5, 5.41) is 0. The molecule has 0 radical (unpaired) electrons. The molecule has 2 rings (SSSR count). The highest BCUT2D eigenvalue weighted by atomic mass is 19.1. The third-order valence-corrected chi connectivity index (χ3v) is 4.23. The van der Waals surface area contributed by atoms with Crippen LogP contribution < -0.4 is 0 Å². The fourth-order valence-electron chi connectivity index (χ4n) is 2.98. The van der Waals surface area contributed by atoms with Gasteiger partial charge in [0, 0.05) is 17.5 Å². The Labute approximate surface area is 113 Å². The van der Waals surface area contributed by atoms with Gasteiger partial charge in [-0.25, -0.2) is 8.78 Å². The van der Waals surface area contributed by atoms with Gasteiger partial charge in [-0.1, -0.05) is 13.8 Å². The van der Waals surface area contributed by atoms with Crippen molar-refractivity contribution in [2.45, 2.75) is 39.5 Å². The van der Waals surface area contributed by atoms with Gasteiger partial charge >= 0.3 is 0 Å². The number of hydrogen-bond acceptors (Lipinski definition) is 1. The van der Waals surface area contributed by atoms with E-state index in [1.54, 1.807) is 0 Å². The van der Waals surface area contributed by atoms with Gasteiger partial charge in [0.05, 0.1) is 0 Å². The summed E-state index contributed by atoms with van der Waals surface area (Å²) in [6, 6.07) is 3.08. The van der Waals surface area contributed by atoms with E-state index in [0.29, 0.717) is 11.8 Å². The Bertz CT molecular complexity index is 440. The number of benzene rings is 1. The first-order chi connectivity index (χ1) is 8.97. The van der Waals surface area contributed by atoms with E-state index in [-0.39, 0.29) is 17.3 Å². The van der Waals surface area contributed by atoms with Gasteiger partial charge in [0.2, 0.25) is 0 Å². The molecule has 0 aliphatic heterocycles. The summed E-state index contributed by atoms with van der Waals surface area (Å²) in [5.41, 5.74) is 0.172. The Balaban J connectivity index is 2.05. The van der Waals surface area contributed by atoms with Crippen LogP contribution in [-0.2, 0) is 0 Å². The van der Waals surface area contributed by atoms with Crippen LogP contribution in [0, 0.1) is 29.4 Å². The van der Waals surface area contributed by atoms with Gasteiger partial charge in [0.25, 0.3) is 0 Å². The van der Waals surface area contributed by atoms with Gasteiger partial charge in [-0.05, 0) is 49.7 Å². The Morgan fingerprint density at radius 1 is 1.05 bits per heavy atom. The number of rotatable bonds is 3. The van der Waals surface area contributed by atoms with Gasteiger partial charge in [-0.15, -0.1) is 0 Å². The Morgan fingerprint density at radius 3 is 2.05 bits per heavy atom. The highest BCUT2D eigenvalue weighted by Crippen LogP contribution is 2.34. The van der Waals surface area contributed by atoms with Crippen LogP contribution in [0.5, 0.6) is 0 Å². The quantitative estimate of drug-likeness (QED) is 0.730. The number of carbonyl (C=O) groups excluding carboxylic acids is 1. The summed E-state index contributed by atoms with van der Waals surface area (Å²) in [5.74, 6) is -0.230. The molecule has 0 aromatic heterocycles. The molecular weight excluding hydrogens is 246 g/mol. The van der Waals surface area contributed by atoms with Crippen molar-refractivity contribution in [1.82, 2.24) is 0 Å². The standard InChI is InChI=1S/C16H20F2O/c1-10(2)11-3-5-12(6-4-11)16(19)13-7-14(17)9-15(18)8-13/h7-12H,3-6H2,1-2H3. The van der Waals surface area contributed by atoms with E-state index in [0.717, 1.165) is 43.9 Å². The summed E-state index contributed by atoms with van der Waals surface area (Å²) in [4.78, 5) is 12.2. The summed E-state index contributed by atoms with van der Waals surface area (Å²) in [6.07, 6.45) is 3.73. The average molecular weight is 266 g/mol. The van der Waals surface area contributed by atoms with Crippen LogP contribution in [0.25, 0.3) is 0 Å². The van der Waals surface area contributed by atoms with E-state index in [9.17, 15) is 13.6 Å². The summed E-state index contributed by atoms with van der Waals surface area (Å²) >= 11 is 0. The highest BCUT2D eigenvalue weighted by Gasteiger charge is 2.28. The molecule has 104 valence electrons. The molecule has 0 N–H and O–H groups in total. The van der Waals surface area contributed by atoms with E-state index in [2.05, 4.69) is 13.8 Å². The van der Waals surface area contributed by atoms with Crippen LogP contribution in [0.2, 0.25) is 0 Å². The minimum absolute atomic E-state index is 0.0730. The van der Waals surface area contributed by atoms with E-state index in [1.807, 2.05) is 0 Å². The first-order valence-corrected chi connectivity index (χ1v) is 6.97. The maximum absolute atomic E-state index is 13.1. The zero-order valence-electron chi connectivity index (χ0n) is 11.5. The molecule has 0 heterocycles. The number of carbonyl (C=O) groups is 1. The molecule has 1 aromatic rings. The van der Waals surface area contributed by atoms with Crippen molar-refractivity contribution < 1.29 is 13.6 Å². The second-order valence-electron chi connectivity index (χ2n) is 5.88. The first-order valence-electron chi connectivity index (χ1n) is 6.97. The molecule has 1 nitrogen and oxygen atoms in total. The van der Waals surface area contributed by atoms with Gasteiger partial charge in [0.15, 0.2) is 5.78 Å². The Hall–Kier alpha value is -1.25. The SMILES string of the molecule is CC(C)C1CCC(C(=O)c2cc(F)cc(F)c2)CC1. The molecule has 0 bridgehead atoms. The monoisotopic (exact) mass is 266 g/mol. The maximum Gasteiger partial charge on any atom is 0.166 e. The van der Waals surface area contributed by atoms with Crippen molar-refractivity contribution in [1.29, 1.82) is 0 Å². The topological polar surface area (TPSA) is 17.1 Å². The number of ketones is 1. The van der Waals surface area contributed by atoms with E-state index in [1.165, 1.54) is 0 Å². The molecule has 1 fully saturated rings. The number of hydrogen-bond donors (Lipinski definition) is 0. The second kappa shape index (κ2) is 5.81. The van der Waals surface area contributed by atoms with Crippen LogP contribution in [0.3, 0.4) is 0 Å². The lowest BCUT2D eigenvalue weighted by Crippen LogP contribution is -2.24. The molecule has 3 heteroatoms. The third kappa shape index (κ3) is 3.40. The Kier molecular flexibility index (Phi) is 4.33. The third-order valence-electron chi connectivity index (χ3n) is 4.23. The minimum atomic E-state index is -0.681. The van der Waals surface area contributed by atoms with Crippen LogP contribution in [0.15, 0.2) is 18.2 Å². The van der Waals surface area contributed by atoms with Crippen LogP contribution in [-0.4, -0.2) is 5.78 Å². The van der Waals surface area contributed by atoms with Crippen LogP contribution in [0.1, 0.15) is 49.9 Å². The maximum atomic E-state index is 13.1. The van der Waals surface area contributed by atoms with E-state index < -0.39 is 11.6 Å². The molecule has 1 aliphatic rings. The predicted molar refractivity (Wildman–Crippen MR) is 71.0 cm³/mol. The molecule has 0 spiro atoms. The molecule has 0 amide bonds. The zero-order chi connectivity index (χ0) is 14.0. The number of Topliss-reactive ketones (excluding diaryl/α,β-unsaturated/α-hetero) is 1. The van der Waals surface area contributed by atoms with E-state index >= 15 is 0 Å². The van der Waals surface area contributed by atoms with Crippen molar-refractivity contribution in [2.75, 3.05) is 0 Å². The largest absolute Gasteiger partial charge is 0.294 e. The van der Waals surface area contributed by atoms with Gasteiger partial charge in [-0.2, -0.15) is 0 Å². The number of halogens is 2. The lowest BCUT2D eigenvalue weighted by molar-refractivity contribution is 0.0858. The summed E-state index contributed by atoms with van der Waals surface area (Å²) < 4.78 is 26.3. The average Bonchev–Trinajstić information content (AvgIpc) is 2.37. The lowest BCUT2D eigenvalue weighted by atomic mass is 9.75. The molecular formula is C16H20F2O. The normalized spacial score (nSPS) is 23.6. The van der Waals surface area contributed by atoms with Crippen molar-refractivity contribution >= 4 is 5.78 Å². The fourth-order valence-corrected chi connectivity index (χ4v) is 2.98. The first kappa shape index (κ1) is 14.2. The van der Waals surface area contributed by atoms with Gasteiger partial charge in [0.1, 0.15) is 11.6 Å². The zero-order valence-corrected chi connectivity index (χ0v) is 11.5. The van der Waals surface area contributed by atoms with Crippen molar-refractivity contribution in [3.8, 4) is 0 Å². The van der Waals surface area contributed by atoms with Crippen LogP contribution in [0.4, 0.5) is 8.78 Å². The van der Waals surface area contributed by atoms with Crippen LogP contribution >= 0.6 is 0 Å². The van der Waals surface area contributed by atoms with Crippen molar-refractivity contribution in [3.63, 3.8) is 0 Å². The smallest absolute Gasteiger partial charge is 0.166 e. The van der Waals surface area contributed by atoms with E-state index in [4.69, 9.17) is 0 Å². The summed E-state index contributed by atoms with van der Waals surface area (Å²) in [6.45, 7) is 4.41. The molecule has 0 unspecified atom stereocenters. The molecule has 0 saturated heterocycles. The molecule has 1 saturated carbocycles. The Morgan fingerprint density at radius 2 is 1.58 bits per heavy atom. The molecule has 19 heavy (non-hydrogen) atoms. The highest BCUT2D eigenvalue weighted by molar-refractivity contribution is 5.97. The predicted octanol–water partition coefficient (Wildman–Crippen LogP) is 4.61. The van der Waals surface area contributed by atoms with Crippen molar-refractivity contribution in [3.05, 3.63) is 35.4 Å². The van der Waals surface area contributed by atoms with Crippen molar-refractivity contribution in [2.24, 2.45) is 17.8 Å². The summed E-state index contributed by atoms with van der Waals surface area (Å²) in [7, 11) is 0. The molecule has 1 aromatic carbocycles.